The number of hydrogen-bond acceptors (Lipinski definition) is 3. The van der Waals surface area contributed by atoms with Gasteiger partial charge in [-0.25, -0.2) is 0 Å². The highest BCUT2D eigenvalue weighted by Gasteiger charge is 2.22. The zero-order valence-corrected chi connectivity index (χ0v) is 14.1. The van der Waals surface area contributed by atoms with E-state index in [0.717, 1.165) is 31.6 Å². The Hall–Kier alpha value is -0.580. The van der Waals surface area contributed by atoms with Gasteiger partial charge >= 0.3 is 0 Å². The molecule has 1 N–H and O–H groups in total. The monoisotopic (exact) mass is 301 g/mol. The predicted octanol–water partition coefficient (Wildman–Crippen LogP) is 3.80. The second kappa shape index (κ2) is 8.01. The number of aryl methyl sites for hydroxylation is 1. The molecule has 1 rings (SSSR count). The number of halogens is 1. The lowest BCUT2D eigenvalue weighted by molar-refractivity contribution is -0.0158. The molecule has 0 spiro atoms. The van der Waals surface area contributed by atoms with Crippen molar-refractivity contribution in [2.24, 2.45) is 0 Å². The predicted molar refractivity (Wildman–Crippen MR) is 84.3 cm³/mol. The molecule has 0 bridgehead atoms. The van der Waals surface area contributed by atoms with Gasteiger partial charge in [0.1, 0.15) is 0 Å². The third-order valence-corrected chi connectivity index (χ3v) is 3.21. The van der Waals surface area contributed by atoms with Gasteiger partial charge in [0.05, 0.1) is 35.2 Å². The standard InChI is InChI=1S/C15H28ClN3O/c1-6-8-17-13(11-20-15(3,4)5)14-12(16)10-18-19(14)9-7-2/h10,13,17H,6-9,11H2,1-5H3. The summed E-state index contributed by atoms with van der Waals surface area (Å²) in [6, 6.07) is 0.0794. The molecule has 0 aliphatic heterocycles. The molecule has 0 saturated carbocycles. The minimum absolute atomic E-state index is 0.0794. The Morgan fingerprint density at radius 3 is 2.60 bits per heavy atom. The van der Waals surface area contributed by atoms with Crippen LogP contribution in [0.2, 0.25) is 5.02 Å². The van der Waals surface area contributed by atoms with Gasteiger partial charge in [-0.05, 0) is 40.2 Å². The highest BCUT2D eigenvalue weighted by atomic mass is 35.5. The SMILES string of the molecule is CCCNC(COC(C)(C)C)c1c(Cl)cnn1CCC. The number of ether oxygens (including phenoxy) is 1. The van der Waals surface area contributed by atoms with E-state index >= 15 is 0 Å². The number of nitrogens with one attached hydrogen (secondary N) is 1. The molecule has 1 aromatic rings. The zero-order valence-electron chi connectivity index (χ0n) is 13.4. The number of aromatic nitrogens is 2. The van der Waals surface area contributed by atoms with Crippen LogP contribution >= 0.6 is 11.6 Å². The third-order valence-electron chi connectivity index (χ3n) is 2.92. The van der Waals surface area contributed by atoms with Gasteiger partial charge in [-0.15, -0.1) is 0 Å². The van der Waals surface area contributed by atoms with Gasteiger partial charge in [0.15, 0.2) is 0 Å². The lowest BCUT2D eigenvalue weighted by atomic mass is 10.1. The summed E-state index contributed by atoms with van der Waals surface area (Å²) < 4.78 is 7.93. The van der Waals surface area contributed by atoms with E-state index in [1.165, 1.54) is 0 Å². The van der Waals surface area contributed by atoms with Crippen LogP contribution in [0, 0.1) is 0 Å². The molecule has 1 heterocycles. The molecule has 5 heteroatoms. The van der Waals surface area contributed by atoms with Gasteiger partial charge < -0.3 is 10.1 Å². The van der Waals surface area contributed by atoms with E-state index in [-0.39, 0.29) is 11.6 Å². The quantitative estimate of drug-likeness (QED) is 0.794. The van der Waals surface area contributed by atoms with E-state index in [9.17, 15) is 0 Å². The topological polar surface area (TPSA) is 39.1 Å². The maximum absolute atomic E-state index is 6.33. The zero-order chi connectivity index (χ0) is 15.2. The first-order chi connectivity index (χ1) is 9.39. The van der Waals surface area contributed by atoms with Crippen molar-refractivity contribution in [3.63, 3.8) is 0 Å². The minimum atomic E-state index is -0.159. The fourth-order valence-corrected chi connectivity index (χ4v) is 2.27. The van der Waals surface area contributed by atoms with Crippen LogP contribution < -0.4 is 5.32 Å². The molecule has 1 atom stereocenters. The second-order valence-electron chi connectivity index (χ2n) is 6.03. The van der Waals surface area contributed by atoms with Crippen molar-refractivity contribution in [1.82, 2.24) is 15.1 Å². The minimum Gasteiger partial charge on any atom is -0.374 e. The van der Waals surface area contributed by atoms with E-state index in [4.69, 9.17) is 16.3 Å². The average molecular weight is 302 g/mol. The highest BCUT2D eigenvalue weighted by Crippen LogP contribution is 2.25. The maximum Gasteiger partial charge on any atom is 0.0835 e. The van der Waals surface area contributed by atoms with Crippen LogP contribution in [0.4, 0.5) is 0 Å². The maximum atomic E-state index is 6.33. The summed E-state index contributed by atoms with van der Waals surface area (Å²) in [5.41, 5.74) is 0.875. The van der Waals surface area contributed by atoms with Crippen LogP contribution in [-0.4, -0.2) is 28.5 Å². The van der Waals surface area contributed by atoms with Crippen molar-refractivity contribution >= 4 is 11.6 Å². The van der Waals surface area contributed by atoms with Gasteiger partial charge in [0.25, 0.3) is 0 Å². The highest BCUT2D eigenvalue weighted by molar-refractivity contribution is 6.31. The Morgan fingerprint density at radius 1 is 1.35 bits per heavy atom. The van der Waals surface area contributed by atoms with E-state index < -0.39 is 0 Å². The number of hydrogen-bond donors (Lipinski definition) is 1. The molecule has 0 aromatic carbocycles. The van der Waals surface area contributed by atoms with Crippen LogP contribution in [0.25, 0.3) is 0 Å². The summed E-state index contributed by atoms with van der Waals surface area (Å²) in [6.07, 6.45) is 3.83. The normalized spacial score (nSPS) is 13.7. The summed E-state index contributed by atoms with van der Waals surface area (Å²) in [6.45, 7) is 12.9. The van der Waals surface area contributed by atoms with Crippen LogP contribution in [0.1, 0.15) is 59.2 Å². The Balaban J connectivity index is 2.88. The summed E-state index contributed by atoms with van der Waals surface area (Å²) in [5.74, 6) is 0. The number of rotatable bonds is 8. The van der Waals surface area contributed by atoms with Gasteiger partial charge in [-0.3, -0.25) is 4.68 Å². The average Bonchev–Trinajstić information content (AvgIpc) is 2.71. The molecular formula is C15H28ClN3O. The molecule has 0 fully saturated rings. The molecule has 0 radical (unpaired) electrons. The van der Waals surface area contributed by atoms with Crippen LogP contribution in [0.3, 0.4) is 0 Å². The van der Waals surface area contributed by atoms with Gasteiger partial charge in [0, 0.05) is 6.54 Å². The van der Waals surface area contributed by atoms with E-state index in [0.29, 0.717) is 11.6 Å². The molecule has 4 nitrogen and oxygen atoms in total. The Morgan fingerprint density at radius 2 is 2.05 bits per heavy atom. The van der Waals surface area contributed by atoms with Gasteiger partial charge in [0.2, 0.25) is 0 Å². The van der Waals surface area contributed by atoms with Crippen molar-refractivity contribution < 1.29 is 4.74 Å². The lowest BCUT2D eigenvalue weighted by Gasteiger charge is -2.26. The Bertz CT molecular complexity index is 398. The summed E-state index contributed by atoms with van der Waals surface area (Å²) in [5, 5.41) is 8.59. The molecule has 0 aliphatic carbocycles. The first-order valence-corrected chi connectivity index (χ1v) is 7.85. The molecule has 20 heavy (non-hydrogen) atoms. The second-order valence-corrected chi connectivity index (χ2v) is 6.44. The Labute approximate surface area is 127 Å². The van der Waals surface area contributed by atoms with Gasteiger partial charge in [-0.1, -0.05) is 25.4 Å². The fourth-order valence-electron chi connectivity index (χ4n) is 1.99. The van der Waals surface area contributed by atoms with E-state index in [1.807, 2.05) is 4.68 Å². The largest absolute Gasteiger partial charge is 0.374 e. The van der Waals surface area contributed by atoms with Crippen molar-refractivity contribution in [1.29, 1.82) is 0 Å². The van der Waals surface area contributed by atoms with Crippen molar-refractivity contribution in [3.05, 3.63) is 16.9 Å². The van der Waals surface area contributed by atoms with Crippen LogP contribution in [-0.2, 0) is 11.3 Å². The first kappa shape index (κ1) is 17.5. The fraction of sp³-hybridized carbons (Fsp3) is 0.800. The molecule has 1 unspecified atom stereocenters. The summed E-state index contributed by atoms with van der Waals surface area (Å²) >= 11 is 6.33. The summed E-state index contributed by atoms with van der Waals surface area (Å²) in [7, 11) is 0. The first-order valence-electron chi connectivity index (χ1n) is 7.47. The molecule has 116 valence electrons. The van der Waals surface area contributed by atoms with Crippen LogP contribution in [0.5, 0.6) is 0 Å². The van der Waals surface area contributed by atoms with Gasteiger partial charge in [-0.2, -0.15) is 5.10 Å². The number of nitrogens with zero attached hydrogens (tertiary/aromatic N) is 2. The molecule has 0 saturated heterocycles. The smallest absolute Gasteiger partial charge is 0.0835 e. The van der Waals surface area contributed by atoms with E-state index in [1.54, 1.807) is 6.20 Å². The summed E-state index contributed by atoms with van der Waals surface area (Å²) in [4.78, 5) is 0. The lowest BCUT2D eigenvalue weighted by Crippen LogP contribution is -2.32. The molecule has 1 aromatic heterocycles. The van der Waals surface area contributed by atoms with Crippen LogP contribution in [0.15, 0.2) is 6.20 Å². The third kappa shape index (κ3) is 5.43. The Kier molecular flexibility index (Phi) is 7.00. The van der Waals surface area contributed by atoms with Crippen molar-refractivity contribution in [2.75, 3.05) is 13.2 Å². The van der Waals surface area contributed by atoms with E-state index in [2.05, 4.69) is 45.0 Å². The molecule has 0 aliphatic rings. The van der Waals surface area contributed by atoms with Crippen molar-refractivity contribution in [2.45, 2.75) is 65.6 Å². The molecular weight excluding hydrogens is 274 g/mol. The molecule has 0 amide bonds. The van der Waals surface area contributed by atoms with Crippen molar-refractivity contribution in [3.8, 4) is 0 Å².